The van der Waals surface area contributed by atoms with Crippen LogP contribution in [-0.2, 0) is 12.8 Å². The average Bonchev–Trinajstić information content (AvgIpc) is 3.47. The Morgan fingerprint density at radius 1 is 0.511 bits per heavy atom. The number of benzene rings is 5. The van der Waals surface area contributed by atoms with Gasteiger partial charge in [-0.25, -0.2) is 0 Å². The molecular weight excluding hydrogens is 550 g/mol. The van der Waals surface area contributed by atoms with Gasteiger partial charge in [0, 0.05) is 39.6 Å². The van der Waals surface area contributed by atoms with E-state index in [4.69, 9.17) is 0 Å². The number of para-hydroxylation sites is 1. The summed E-state index contributed by atoms with van der Waals surface area (Å²) in [5.41, 5.74) is 11.4. The van der Waals surface area contributed by atoms with Crippen molar-refractivity contribution < 1.29 is 0 Å². The van der Waals surface area contributed by atoms with Crippen molar-refractivity contribution in [3.05, 3.63) is 143 Å². The zero-order valence-electron chi connectivity index (χ0n) is 24.3. The third-order valence-electron chi connectivity index (χ3n) is 8.89. The van der Waals surface area contributed by atoms with Crippen LogP contribution in [0.5, 0.6) is 0 Å². The van der Waals surface area contributed by atoms with Gasteiger partial charge in [0.1, 0.15) is 0 Å². The molecule has 5 heteroatoms. The van der Waals surface area contributed by atoms with Gasteiger partial charge in [-0.2, -0.15) is 15.8 Å². The van der Waals surface area contributed by atoms with Crippen LogP contribution in [0, 0.1) is 34.0 Å². The number of aryl methyl sites for hydroxylation is 1. The molecule has 1 aliphatic rings. The monoisotopic (exact) mass is 575 g/mol. The van der Waals surface area contributed by atoms with E-state index >= 15 is 0 Å². The lowest BCUT2D eigenvalue weighted by Crippen LogP contribution is -2.02. The summed E-state index contributed by atoms with van der Waals surface area (Å²) in [6.45, 7) is 0. The molecule has 45 heavy (non-hydrogen) atoms. The Morgan fingerprint density at radius 3 is 1.93 bits per heavy atom. The second-order valence-electron chi connectivity index (χ2n) is 11.4. The van der Waals surface area contributed by atoms with Crippen molar-refractivity contribution >= 4 is 32.7 Å². The maximum Gasteiger partial charge on any atom is 0.0992 e. The van der Waals surface area contributed by atoms with Crippen LogP contribution >= 0.6 is 0 Å². The third-order valence-corrected chi connectivity index (χ3v) is 8.89. The SMILES string of the molecule is N#Cc1cc(-c2cccc(-n3c4ccc(C#N)cc4c4cc(C#N)ccc43)c2)cc(-n2c3c(c4ccccc42)CCC=CC3)c1. The fourth-order valence-corrected chi connectivity index (χ4v) is 6.93. The Balaban J connectivity index is 1.33. The van der Waals surface area contributed by atoms with Gasteiger partial charge in [0.25, 0.3) is 0 Å². The molecule has 0 amide bonds. The predicted octanol–water partition coefficient (Wildman–Crippen LogP) is 9.05. The summed E-state index contributed by atoms with van der Waals surface area (Å²) in [4.78, 5) is 0. The molecule has 0 saturated carbocycles. The minimum Gasteiger partial charge on any atom is -0.313 e. The minimum absolute atomic E-state index is 0.574. The van der Waals surface area contributed by atoms with E-state index in [0.717, 1.165) is 69.1 Å². The maximum absolute atomic E-state index is 10.1. The summed E-state index contributed by atoms with van der Waals surface area (Å²) in [5.74, 6) is 0. The second-order valence-corrected chi connectivity index (χ2v) is 11.4. The number of nitriles is 3. The Kier molecular flexibility index (Phi) is 6.09. The van der Waals surface area contributed by atoms with E-state index < -0.39 is 0 Å². The molecule has 0 bridgehead atoms. The van der Waals surface area contributed by atoms with Gasteiger partial charge in [-0.15, -0.1) is 0 Å². The molecule has 2 aromatic heterocycles. The Bertz CT molecular complexity index is 2430. The first-order valence-electron chi connectivity index (χ1n) is 15.0. The van der Waals surface area contributed by atoms with Crippen LogP contribution in [0.1, 0.15) is 34.4 Å². The molecule has 0 aliphatic heterocycles. The lowest BCUT2D eigenvalue weighted by Gasteiger charge is -2.15. The predicted molar refractivity (Wildman–Crippen MR) is 178 cm³/mol. The topological polar surface area (TPSA) is 81.2 Å². The van der Waals surface area contributed by atoms with Gasteiger partial charge in [-0.3, -0.25) is 0 Å². The number of rotatable bonds is 3. The van der Waals surface area contributed by atoms with Crippen LogP contribution in [0.2, 0.25) is 0 Å². The second kappa shape index (κ2) is 10.4. The van der Waals surface area contributed by atoms with Gasteiger partial charge >= 0.3 is 0 Å². The van der Waals surface area contributed by atoms with Gasteiger partial charge in [0.2, 0.25) is 0 Å². The van der Waals surface area contributed by atoms with E-state index in [1.54, 1.807) is 0 Å². The van der Waals surface area contributed by atoms with E-state index in [0.29, 0.717) is 16.7 Å². The van der Waals surface area contributed by atoms with Crippen molar-refractivity contribution in [2.24, 2.45) is 0 Å². The summed E-state index contributed by atoms with van der Waals surface area (Å²) in [6.07, 6.45) is 7.38. The van der Waals surface area contributed by atoms with Gasteiger partial charge in [-0.05, 0) is 102 Å². The Labute approximate surface area is 260 Å². The summed E-state index contributed by atoms with van der Waals surface area (Å²) in [5, 5.41) is 32.4. The molecule has 0 radical (unpaired) electrons. The maximum atomic E-state index is 10.1. The standard InChI is InChI=1S/C40H25N5/c41-23-26-13-15-39-35(19-26)36-20-27(24-42)14-16-40(36)44(39)31-8-6-7-29(21-31)30-17-28(25-43)18-32(22-30)45-37-11-3-1-2-9-33(37)34-10-4-5-12-38(34)45/h1,3-8,10,12-22H,2,9,11H2. The normalized spacial score (nSPS) is 12.5. The first kappa shape index (κ1) is 26.3. The smallest absolute Gasteiger partial charge is 0.0992 e. The molecule has 5 aromatic carbocycles. The summed E-state index contributed by atoms with van der Waals surface area (Å²) in [6, 6.07) is 41.3. The van der Waals surface area contributed by atoms with Crippen molar-refractivity contribution in [1.82, 2.24) is 9.13 Å². The minimum atomic E-state index is 0.574. The molecule has 0 N–H and O–H groups in total. The van der Waals surface area contributed by atoms with Crippen LogP contribution in [-0.4, -0.2) is 9.13 Å². The van der Waals surface area contributed by atoms with Crippen LogP contribution < -0.4 is 0 Å². The molecule has 0 spiro atoms. The molecule has 0 unspecified atom stereocenters. The van der Waals surface area contributed by atoms with E-state index in [-0.39, 0.29) is 0 Å². The van der Waals surface area contributed by atoms with Gasteiger partial charge in [0.05, 0.1) is 51.4 Å². The lowest BCUT2D eigenvalue weighted by molar-refractivity contribution is 0.959. The molecule has 0 fully saturated rings. The average molecular weight is 576 g/mol. The fraction of sp³-hybridized carbons (Fsp3) is 0.0750. The summed E-state index contributed by atoms with van der Waals surface area (Å²) in [7, 11) is 0. The van der Waals surface area contributed by atoms with Crippen LogP contribution in [0.3, 0.4) is 0 Å². The van der Waals surface area contributed by atoms with Crippen LogP contribution in [0.15, 0.2) is 115 Å². The third kappa shape index (κ3) is 4.21. The molecule has 0 saturated heterocycles. The molecule has 5 nitrogen and oxygen atoms in total. The molecule has 7 aromatic rings. The molecular formula is C40H25N5. The number of hydrogen-bond acceptors (Lipinski definition) is 3. The molecule has 210 valence electrons. The van der Waals surface area contributed by atoms with Crippen molar-refractivity contribution in [3.63, 3.8) is 0 Å². The number of fused-ring (bicyclic) bond motifs is 6. The van der Waals surface area contributed by atoms with Crippen LogP contribution in [0.25, 0.3) is 55.2 Å². The summed E-state index contributed by atoms with van der Waals surface area (Å²) >= 11 is 0. The van der Waals surface area contributed by atoms with Gasteiger partial charge in [-0.1, -0.05) is 42.5 Å². The van der Waals surface area contributed by atoms with E-state index in [1.807, 2.05) is 54.6 Å². The van der Waals surface area contributed by atoms with Gasteiger partial charge in [0.15, 0.2) is 0 Å². The number of allylic oxidation sites excluding steroid dienone is 2. The highest BCUT2D eigenvalue weighted by atomic mass is 15.0. The highest BCUT2D eigenvalue weighted by Gasteiger charge is 2.20. The number of hydrogen-bond donors (Lipinski definition) is 0. The molecule has 2 heterocycles. The lowest BCUT2D eigenvalue weighted by atomic mass is 10.0. The van der Waals surface area contributed by atoms with E-state index in [9.17, 15) is 15.8 Å². The van der Waals surface area contributed by atoms with Gasteiger partial charge < -0.3 is 9.13 Å². The summed E-state index contributed by atoms with van der Waals surface area (Å²) < 4.78 is 4.51. The molecule has 8 rings (SSSR count). The number of aromatic nitrogens is 2. The Hall–Kier alpha value is -6.35. The Morgan fingerprint density at radius 2 is 1.20 bits per heavy atom. The van der Waals surface area contributed by atoms with Crippen LogP contribution in [0.4, 0.5) is 0 Å². The molecule has 1 aliphatic carbocycles. The van der Waals surface area contributed by atoms with Crippen molar-refractivity contribution in [1.29, 1.82) is 15.8 Å². The van der Waals surface area contributed by atoms with E-state index in [1.165, 1.54) is 16.6 Å². The first-order valence-corrected chi connectivity index (χ1v) is 15.0. The zero-order valence-corrected chi connectivity index (χ0v) is 24.3. The highest BCUT2D eigenvalue weighted by molar-refractivity contribution is 6.10. The van der Waals surface area contributed by atoms with E-state index in [2.05, 4.69) is 88.0 Å². The zero-order chi connectivity index (χ0) is 30.5. The van der Waals surface area contributed by atoms with Crippen molar-refractivity contribution in [3.8, 4) is 40.7 Å². The molecule has 0 atom stereocenters. The largest absolute Gasteiger partial charge is 0.313 e. The van der Waals surface area contributed by atoms with Crippen molar-refractivity contribution in [2.45, 2.75) is 19.3 Å². The quantitative estimate of drug-likeness (QED) is 0.197. The first-order chi connectivity index (χ1) is 22.2. The van der Waals surface area contributed by atoms with Crippen molar-refractivity contribution in [2.75, 3.05) is 0 Å². The number of nitrogens with zero attached hydrogens (tertiary/aromatic N) is 5. The highest BCUT2D eigenvalue weighted by Crippen LogP contribution is 2.37. The fourth-order valence-electron chi connectivity index (χ4n) is 6.93.